The highest BCUT2D eigenvalue weighted by atomic mass is 16.5. The van der Waals surface area contributed by atoms with Gasteiger partial charge in [-0.05, 0) is 24.5 Å². The van der Waals surface area contributed by atoms with Crippen LogP contribution in [-0.4, -0.2) is 45.9 Å². The van der Waals surface area contributed by atoms with Gasteiger partial charge in [-0.1, -0.05) is 13.8 Å². The summed E-state index contributed by atoms with van der Waals surface area (Å²) in [7, 11) is 1.53. The Morgan fingerprint density at radius 3 is 2.73 bits per heavy atom. The van der Waals surface area contributed by atoms with E-state index >= 15 is 0 Å². The molecule has 1 aromatic rings. The average molecular weight is 307 g/mol. The fourth-order valence-corrected chi connectivity index (χ4v) is 2.28. The summed E-state index contributed by atoms with van der Waals surface area (Å²) in [5.74, 6) is -0.701. The van der Waals surface area contributed by atoms with Crippen LogP contribution in [0, 0.1) is 5.92 Å². The molecule has 22 heavy (non-hydrogen) atoms. The van der Waals surface area contributed by atoms with Crippen molar-refractivity contribution in [2.45, 2.75) is 39.1 Å². The number of carboxylic acid groups (broad SMARTS) is 1. The number of aliphatic hydroxyl groups excluding tert-OH is 1. The largest absolute Gasteiger partial charge is 0.478 e. The number of amidine groups is 1. The molecular formula is C15H21N3O4. The van der Waals surface area contributed by atoms with Gasteiger partial charge < -0.3 is 20.3 Å². The smallest absolute Gasteiger partial charge is 0.338 e. The van der Waals surface area contributed by atoms with Gasteiger partial charge in [0, 0.05) is 13.3 Å². The fraction of sp³-hybridized carbons (Fsp3) is 0.533. The Hall–Kier alpha value is -1.99. The maximum atomic E-state index is 11.5. The lowest BCUT2D eigenvalue weighted by atomic mass is 9.87. The quantitative estimate of drug-likeness (QED) is 0.750. The Morgan fingerprint density at radius 1 is 1.55 bits per heavy atom. The number of ether oxygens (including phenoxy) is 1. The molecule has 0 saturated carbocycles. The number of nitrogens with one attached hydrogen (secondary N) is 1. The number of aromatic carboxylic acids is 1. The highest BCUT2D eigenvalue weighted by Crippen LogP contribution is 2.28. The third-order valence-electron chi connectivity index (χ3n) is 4.08. The maximum absolute atomic E-state index is 11.5. The second-order valence-corrected chi connectivity index (χ2v) is 5.89. The van der Waals surface area contributed by atoms with Crippen LogP contribution in [0.1, 0.15) is 42.4 Å². The molecule has 120 valence electrons. The van der Waals surface area contributed by atoms with Crippen molar-refractivity contribution in [3.8, 4) is 0 Å². The van der Waals surface area contributed by atoms with Crippen LogP contribution in [-0.2, 0) is 11.3 Å². The van der Waals surface area contributed by atoms with Crippen LogP contribution < -0.4 is 5.32 Å². The van der Waals surface area contributed by atoms with Gasteiger partial charge in [0.05, 0.1) is 17.7 Å². The monoisotopic (exact) mass is 307 g/mol. The molecule has 0 aliphatic carbocycles. The van der Waals surface area contributed by atoms with Crippen molar-refractivity contribution in [3.63, 3.8) is 0 Å². The Morgan fingerprint density at radius 2 is 2.23 bits per heavy atom. The van der Waals surface area contributed by atoms with Crippen LogP contribution in [0.25, 0.3) is 0 Å². The van der Waals surface area contributed by atoms with Crippen molar-refractivity contribution in [2.75, 3.05) is 7.11 Å². The molecule has 0 saturated heterocycles. The molecule has 7 nitrogen and oxygen atoms in total. The molecule has 0 spiro atoms. The van der Waals surface area contributed by atoms with E-state index in [1.54, 1.807) is 6.20 Å². The molecule has 0 aromatic carbocycles. The SMILES string of the molecule is COCc1cnc(C2=NC(O)C(C)(C(C)C)N2)c(C(=O)O)c1. The van der Waals surface area contributed by atoms with E-state index in [-0.39, 0.29) is 23.8 Å². The molecule has 0 amide bonds. The van der Waals surface area contributed by atoms with Crippen LogP contribution in [0.4, 0.5) is 0 Å². The number of methoxy groups -OCH3 is 1. The topological polar surface area (TPSA) is 104 Å². The zero-order valence-corrected chi connectivity index (χ0v) is 13.1. The van der Waals surface area contributed by atoms with E-state index in [2.05, 4.69) is 15.3 Å². The Labute approximate surface area is 129 Å². The second kappa shape index (κ2) is 6.02. The van der Waals surface area contributed by atoms with Crippen LogP contribution in [0.15, 0.2) is 17.3 Å². The predicted molar refractivity (Wildman–Crippen MR) is 80.8 cm³/mol. The Kier molecular flexibility index (Phi) is 4.48. The highest BCUT2D eigenvalue weighted by Gasteiger charge is 2.43. The van der Waals surface area contributed by atoms with E-state index in [4.69, 9.17) is 4.74 Å². The molecule has 0 fully saturated rings. The van der Waals surface area contributed by atoms with Gasteiger partial charge >= 0.3 is 5.97 Å². The first kappa shape index (κ1) is 16.4. The van der Waals surface area contributed by atoms with Gasteiger partial charge in [-0.15, -0.1) is 0 Å². The first-order valence-corrected chi connectivity index (χ1v) is 7.05. The summed E-state index contributed by atoms with van der Waals surface area (Å²) in [6, 6.07) is 1.51. The number of rotatable bonds is 5. The number of carbonyl (C=O) groups is 1. The average Bonchev–Trinajstić information content (AvgIpc) is 2.76. The molecule has 3 N–H and O–H groups in total. The van der Waals surface area contributed by atoms with Gasteiger partial charge in [0.25, 0.3) is 0 Å². The van der Waals surface area contributed by atoms with Crippen LogP contribution >= 0.6 is 0 Å². The lowest BCUT2D eigenvalue weighted by molar-refractivity contribution is 0.0695. The van der Waals surface area contributed by atoms with Crippen molar-refractivity contribution in [3.05, 3.63) is 29.1 Å². The molecule has 0 radical (unpaired) electrons. The number of hydrogen-bond donors (Lipinski definition) is 3. The normalized spacial score (nSPS) is 24.3. The van der Waals surface area contributed by atoms with E-state index in [0.717, 1.165) is 0 Å². The number of carboxylic acids is 1. The standard InChI is InChI=1S/C15H21N3O4/c1-8(2)15(3)14(21)17-12(18-15)11-10(13(19)20)5-9(6-16-11)7-22-4/h5-6,8,14,21H,7H2,1-4H3,(H,17,18)(H,19,20). The fourth-order valence-electron chi connectivity index (χ4n) is 2.28. The first-order valence-electron chi connectivity index (χ1n) is 7.05. The first-order chi connectivity index (χ1) is 10.3. The maximum Gasteiger partial charge on any atom is 0.338 e. The number of pyridine rings is 1. The molecule has 2 rings (SSSR count). The van der Waals surface area contributed by atoms with Gasteiger partial charge in [0.2, 0.25) is 0 Å². The van der Waals surface area contributed by atoms with E-state index in [9.17, 15) is 15.0 Å². The molecule has 7 heteroatoms. The summed E-state index contributed by atoms with van der Waals surface area (Å²) < 4.78 is 4.99. The van der Waals surface area contributed by atoms with Gasteiger partial charge in [-0.3, -0.25) is 4.98 Å². The molecule has 1 aliphatic rings. The molecule has 0 bridgehead atoms. The second-order valence-electron chi connectivity index (χ2n) is 5.89. The van der Waals surface area contributed by atoms with Crippen molar-refractivity contribution in [1.82, 2.24) is 10.3 Å². The van der Waals surface area contributed by atoms with Crippen molar-refractivity contribution in [2.24, 2.45) is 10.9 Å². The van der Waals surface area contributed by atoms with E-state index in [1.807, 2.05) is 20.8 Å². The van der Waals surface area contributed by atoms with Gasteiger partial charge in [0.15, 0.2) is 12.1 Å². The molecule has 2 unspecified atom stereocenters. The van der Waals surface area contributed by atoms with Gasteiger partial charge in [-0.2, -0.15) is 0 Å². The molecular weight excluding hydrogens is 286 g/mol. The molecule has 1 aliphatic heterocycles. The van der Waals surface area contributed by atoms with Crippen molar-refractivity contribution >= 4 is 11.8 Å². The zero-order valence-electron chi connectivity index (χ0n) is 13.1. The molecule has 2 atom stereocenters. The van der Waals surface area contributed by atoms with Crippen LogP contribution in [0.2, 0.25) is 0 Å². The number of aliphatic hydroxyl groups is 1. The van der Waals surface area contributed by atoms with Crippen molar-refractivity contribution in [1.29, 1.82) is 0 Å². The Bertz CT molecular complexity index is 615. The molecule has 2 heterocycles. The molecule has 1 aromatic heterocycles. The lowest BCUT2D eigenvalue weighted by Gasteiger charge is -2.32. The summed E-state index contributed by atoms with van der Waals surface area (Å²) in [5, 5.41) is 22.7. The number of aromatic nitrogens is 1. The lowest BCUT2D eigenvalue weighted by Crippen LogP contribution is -2.52. The number of hydrogen-bond acceptors (Lipinski definition) is 6. The minimum atomic E-state index is -1.10. The highest BCUT2D eigenvalue weighted by molar-refractivity contribution is 6.07. The van der Waals surface area contributed by atoms with E-state index in [1.165, 1.54) is 13.2 Å². The number of aliphatic imine (C=N–C) groups is 1. The summed E-state index contributed by atoms with van der Waals surface area (Å²) in [6.07, 6.45) is 0.594. The van der Waals surface area contributed by atoms with Crippen molar-refractivity contribution < 1.29 is 19.7 Å². The van der Waals surface area contributed by atoms with Crippen LogP contribution in [0.3, 0.4) is 0 Å². The summed E-state index contributed by atoms with van der Waals surface area (Å²) in [6.45, 7) is 6.04. The predicted octanol–water partition coefficient (Wildman–Crippen LogP) is 1.01. The summed E-state index contributed by atoms with van der Waals surface area (Å²) >= 11 is 0. The third-order valence-corrected chi connectivity index (χ3v) is 4.08. The summed E-state index contributed by atoms with van der Waals surface area (Å²) in [5.41, 5.74) is 0.254. The Balaban J connectivity index is 2.41. The summed E-state index contributed by atoms with van der Waals surface area (Å²) in [4.78, 5) is 19.8. The van der Waals surface area contributed by atoms with Gasteiger partial charge in [0.1, 0.15) is 5.69 Å². The van der Waals surface area contributed by atoms with E-state index in [0.29, 0.717) is 11.4 Å². The van der Waals surface area contributed by atoms with E-state index < -0.39 is 17.7 Å². The van der Waals surface area contributed by atoms with Gasteiger partial charge in [-0.25, -0.2) is 9.79 Å². The number of nitrogens with zero attached hydrogens (tertiary/aromatic N) is 2. The third kappa shape index (κ3) is 2.82. The van der Waals surface area contributed by atoms with Crippen LogP contribution in [0.5, 0.6) is 0 Å². The zero-order chi connectivity index (χ0) is 16.5. The minimum absolute atomic E-state index is 0.0287. The minimum Gasteiger partial charge on any atom is -0.478 e.